The fourth-order valence-corrected chi connectivity index (χ4v) is 2.77. The first-order valence-electron chi connectivity index (χ1n) is 7.35. The third-order valence-electron chi connectivity index (χ3n) is 3.96. The number of carbonyl (C=O) groups is 2. The molecule has 1 saturated heterocycles. The minimum absolute atomic E-state index is 0.113. The molecule has 1 heterocycles. The standard InChI is InChI=1S/C14H24N2O3/c1-2-6-15(9-11-3-4-11)14(19)16-7-5-12(10-16)8-13(17)18/h11-12H,2-10H2,1H3,(H,17,18). The Morgan fingerprint density at radius 3 is 2.58 bits per heavy atom. The van der Waals surface area contributed by atoms with E-state index in [1.165, 1.54) is 12.8 Å². The van der Waals surface area contributed by atoms with Gasteiger partial charge in [-0.25, -0.2) is 4.79 Å². The zero-order chi connectivity index (χ0) is 13.8. The van der Waals surface area contributed by atoms with Crippen molar-refractivity contribution in [3.05, 3.63) is 0 Å². The highest BCUT2D eigenvalue weighted by Gasteiger charge is 2.32. The van der Waals surface area contributed by atoms with Gasteiger partial charge in [0.15, 0.2) is 0 Å². The fourth-order valence-electron chi connectivity index (χ4n) is 2.77. The maximum atomic E-state index is 12.4. The smallest absolute Gasteiger partial charge is 0.320 e. The molecule has 1 N–H and O–H groups in total. The average Bonchev–Trinajstić information content (AvgIpc) is 3.05. The van der Waals surface area contributed by atoms with E-state index in [2.05, 4.69) is 6.92 Å². The molecule has 0 radical (unpaired) electrons. The highest BCUT2D eigenvalue weighted by atomic mass is 16.4. The second-order valence-electron chi connectivity index (χ2n) is 5.87. The maximum absolute atomic E-state index is 12.4. The van der Waals surface area contributed by atoms with Gasteiger partial charge < -0.3 is 14.9 Å². The second kappa shape index (κ2) is 6.26. The van der Waals surface area contributed by atoms with Gasteiger partial charge in [-0.15, -0.1) is 0 Å². The molecule has 2 amide bonds. The molecule has 1 aliphatic carbocycles. The number of carbonyl (C=O) groups excluding carboxylic acids is 1. The number of urea groups is 1. The lowest BCUT2D eigenvalue weighted by atomic mass is 10.1. The normalized spacial score (nSPS) is 22.6. The molecule has 0 aromatic heterocycles. The molecule has 0 aromatic rings. The molecule has 19 heavy (non-hydrogen) atoms. The Morgan fingerprint density at radius 2 is 2.00 bits per heavy atom. The van der Waals surface area contributed by atoms with Gasteiger partial charge >= 0.3 is 12.0 Å². The van der Waals surface area contributed by atoms with Gasteiger partial charge in [0.05, 0.1) is 0 Å². The third kappa shape index (κ3) is 4.11. The summed E-state index contributed by atoms with van der Waals surface area (Å²) in [7, 11) is 0. The quantitative estimate of drug-likeness (QED) is 0.801. The van der Waals surface area contributed by atoms with Crippen LogP contribution in [0.4, 0.5) is 4.79 Å². The SMILES string of the molecule is CCCN(CC1CC1)C(=O)N1CCC(CC(=O)O)C1. The predicted octanol–water partition coefficient (Wildman–Crippen LogP) is 2.03. The predicted molar refractivity (Wildman–Crippen MR) is 71.9 cm³/mol. The Kier molecular flexibility index (Phi) is 4.66. The highest BCUT2D eigenvalue weighted by molar-refractivity contribution is 5.75. The minimum atomic E-state index is -0.761. The molecule has 2 rings (SSSR count). The van der Waals surface area contributed by atoms with Crippen molar-refractivity contribution in [2.75, 3.05) is 26.2 Å². The zero-order valence-electron chi connectivity index (χ0n) is 11.7. The summed E-state index contributed by atoms with van der Waals surface area (Å²) in [6.07, 6.45) is 4.47. The second-order valence-corrected chi connectivity index (χ2v) is 5.87. The number of rotatable bonds is 6. The van der Waals surface area contributed by atoms with E-state index < -0.39 is 5.97 Å². The summed E-state index contributed by atoms with van der Waals surface area (Å²) >= 11 is 0. The summed E-state index contributed by atoms with van der Waals surface area (Å²) in [6, 6.07) is 0.113. The first-order chi connectivity index (χ1) is 9.10. The first-order valence-corrected chi connectivity index (χ1v) is 7.35. The van der Waals surface area contributed by atoms with Crippen LogP contribution in [0.2, 0.25) is 0 Å². The number of hydrogen-bond donors (Lipinski definition) is 1. The van der Waals surface area contributed by atoms with Gasteiger partial charge in [0.1, 0.15) is 0 Å². The lowest BCUT2D eigenvalue weighted by molar-refractivity contribution is -0.138. The van der Waals surface area contributed by atoms with E-state index in [1.54, 1.807) is 0 Å². The van der Waals surface area contributed by atoms with E-state index in [4.69, 9.17) is 5.11 Å². The molecule has 1 aliphatic heterocycles. The van der Waals surface area contributed by atoms with E-state index in [0.717, 1.165) is 25.9 Å². The van der Waals surface area contributed by atoms with Crippen LogP contribution in [0, 0.1) is 11.8 Å². The van der Waals surface area contributed by atoms with Gasteiger partial charge in [-0.1, -0.05) is 6.92 Å². The largest absolute Gasteiger partial charge is 0.481 e. The summed E-state index contributed by atoms with van der Waals surface area (Å²) in [5.74, 6) is 0.0708. The van der Waals surface area contributed by atoms with Gasteiger partial charge in [-0.05, 0) is 37.5 Å². The van der Waals surface area contributed by atoms with E-state index in [1.807, 2.05) is 9.80 Å². The number of aliphatic carboxylic acids is 1. The van der Waals surface area contributed by atoms with Crippen LogP contribution in [0.3, 0.4) is 0 Å². The first kappa shape index (κ1) is 14.2. The number of carboxylic acid groups (broad SMARTS) is 1. The molecule has 5 heteroatoms. The van der Waals surface area contributed by atoms with Crippen molar-refractivity contribution in [1.29, 1.82) is 0 Å². The third-order valence-corrected chi connectivity index (χ3v) is 3.96. The lowest BCUT2D eigenvalue weighted by Crippen LogP contribution is -2.43. The average molecular weight is 268 g/mol. The number of nitrogens with zero attached hydrogens (tertiary/aromatic N) is 2. The van der Waals surface area contributed by atoms with Crippen molar-refractivity contribution in [3.8, 4) is 0 Å². The van der Waals surface area contributed by atoms with Crippen molar-refractivity contribution in [1.82, 2.24) is 9.80 Å². The van der Waals surface area contributed by atoms with Crippen LogP contribution >= 0.6 is 0 Å². The Hall–Kier alpha value is -1.26. The molecule has 1 atom stereocenters. The van der Waals surface area contributed by atoms with Gasteiger partial charge in [0.2, 0.25) is 0 Å². The molecule has 1 unspecified atom stereocenters. The summed E-state index contributed by atoms with van der Waals surface area (Å²) in [4.78, 5) is 26.9. The molecule has 1 saturated carbocycles. The molecule has 2 fully saturated rings. The Labute approximate surface area is 114 Å². The number of likely N-dealkylation sites (tertiary alicyclic amines) is 1. The molecule has 0 aromatic carbocycles. The fraction of sp³-hybridized carbons (Fsp3) is 0.857. The molecule has 108 valence electrons. The van der Waals surface area contributed by atoms with Crippen LogP contribution in [0.5, 0.6) is 0 Å². The molecule has 5 nitrogen and oxygen atoms in total. The van der Waals surface area contributed by atoms with E-state index in [0.29, 0.717) is 19.0 Å². The van der Waals surface area contributed by atoms with Gasteiger partial charge in [0.25, 0.3) is 0 Å². The van der Waals surface area contributed by atoms with Crippen LogP contribution in [-0.4, -0.2) is 53.1 Å². The summed E-state index contributed by atoms with van der Waals surface area (Å²) in [6.45, 7) is 5.10. The number of amides is 2. The van der Waals surface area contributed by atoms with Crippen LogP contribution in [-0.2, 0) is 4.79 Å². The zero-order valence-corrected chi connectivity index (χ0v) is 11.7. The Balaban J connectivity index is 1.84. The molecular weight excluding hydrogens is 244 g/mol. The highest BCUT2D eigenvalue weighted by Crippen LogP contribution is 2.30. The summed E-state index contributed by atoms with van der Waals surface area (Å²) < 4.78 is 0. The van der Waals surface area contributed by atoms with Gasteiger partial charge in [-0.2, -0.15) is 0 Å². The van der Waals surface area contributed by atoms with Crippen LogP contribution in [0.15, 0.2) is 0 Å². The maximum Gasteiger partial charge on any atom is 0.320 e. The van der Waals surface area contributed by atoms with Crippen molar-refractivity contribution in [2.45, 2.75) is 39.0 Å². The van der Waals surface area contributed by atoms with Crippen molar-refractivity contribution in [2.24, 2.45) is 11.8 Å². The number of carboxylic acids is 1. The minimum Gasteiger partial charge on any atom is -0.481 e. The van der Waals surface area contributed by atoms with Gasteiger partial charge in [-0.3, -0.25) is 4.79 Å². The molecule has 0 bridgehead atoms. The molecular formula is C14H24N2O3. The Morgan fingerprint density at radius 1 is 1.26 bits per heavy atom. The molecule has 2 aliphatic rings. The summed E-state index contributed by atoms with van der Waals surface area (Å²) in [5.41, 5.74) is 0. The van der Waals surface area contributed by atoms with E-state index >= 15 is 0 Å². The Bertz CT molecular complexity index is 342. The van der Waals surface area contributed by atoms with Crippen molar-refractivity contribution < 1.29 is 14.7 Å². The molecule has 0 spiro atoms. The van der Waals surface area contributed by atoms with Gasteiger partial charge in [0, 0.05) is 32.6 Å². The lowest BCUT2D eigenvalue weighted by Gasteiger charge is -2.28. The van der Waals surface area contributed by atoms with Crippen molar-refractivity contribution >= 4 is 12.0 Å². The topological polar surface area (TPSA) is 60.9 Å². The van der Waals surface area contributed by atoms with Crippen molar-refractivity contribution in [3.63, 3.8) is 0 Å². The summed E-state index contributed by atoms with van der Waals surface area (Å²) in [5, 5.41) is 8.81. The van der Waals surface area contributed by atoms with Crippen LogP contribution in [0.25, 0.3) is 0 Å². The van der Waals surface area contributed by atoms with E-state index in [9.17, 15) is 9.59 Å². The van der Waals surface area contributed by atoms with Crippen LogP contribution in [0.1, 0.15) is 39.0 Å². The number of hydrogen-bond acceptors (Lipinski definition) is 2. The van der Waals surface area contributed by atoms with E-state index in [-0.39, 0.29) is 18.4 Å². The monoisotopic (exact) mass is 268 g/mol. The van der Waals surface area contributed by atoms with Crippen LogP contribution < -0.4 is 0 Å².